The summed E-state index contributed by atoms with van der Waals surface area (Å²) >= 11 is 0. The lowest BCUT2D eigenvalue weighted by Gasteiger charge is -2.41. The van der Waals surface area contributed by atoms with Gasteiger partial charge in [0.15, 0.2) is 5.76 Å². The predicted molar refractivity (Wildman–Crippen MR) is 149 cm³/mol. The van der Waals surface area contributed by atoms with Crippen molar-refractivity contribution < 1.29 is 18.4 Å². The van der Waals surface area contributed by atoms with Gasteiger partial charge in [0, 0.05) is 43.9 Å². The summed E-state index contributed by atoms with van der Waals surface area (Å²) in [5.41, 5.74) is 5.30. The topological polar surface area (TPSA) is 69.4 Å². The van der Waals surface area contributed by atoms with Gasteiger partial charge in [0.2, 0.25) is 0 Å². The van der Waals surface area contributed by atoms with Crippen LogP contribution < -0.4 is 4.90 Å². The highest BCUT2D eigenvalue weighted by molar-refractivity contribution is 6.55. The molecule has 39 heavy (non-hydrogen) atoms. The van der Waals surface area contributed by atoms with E-state index in [1.165, 1.54) is 18.4 Å². The predicted octanol–water partition coefficient (Wildman–Crippen LogP) is 5.14. The van der Waals surface area contributed by atoms with Gasteiger partial charge in [-0.1, -0.05) is 18.2 Å². The fraction of sp³-hybridized carbons (Fsp3) is 0.323. The molecule has 0 unspecified atom stereocenters. The molecule has 3 aliphatic rings. The summed E-state index contributed by atoms with van der Waals surface area (Å²) in [4.78, 5) is 37.1. The van der Waals surface area contributed by atoms with Gasteiger partial charge in [0.05, 0.1) is 23.2 Å². The number of halogens is 1. The van der Waals surface area contributed by atoms with Crippen LogP contribution in [0, 0.1) is 19.7 Å². The molecule has 0 atom stereocenters. The number of piperazine rings is 1. The smallest absolute Gasteiger partial charge is 0.289 e. The first-order valence-electron chi connectivity index (χ1n) is 13.2. The van der Waals surface area contributed by atoms with Gasteiger partial charge in [0.1, 0.15) is 11.5 Å². The molecule has 7 nitrogen and oxygen atoms in total. The molecule has 1 fully saturated rings. The fourth-order valence-electron chi connectivity index (χ4n) is 5.81. The van der Waals surface area contributed by atoms with E-state index < -0.39 is 11.4 Å². The van der Waals surface area contributed by atoms with Crippen LogP contribution in [0.5, 0.6) is 0 Å². The van der Waals surface area contributed by atoms with Crippen LogP contribution >= 0.6 is 0 Å². The number of carbonyl (C=O) groups excluding carboxylic acids is 2. The molecule has 8 heteroatoms. The van der Waals surface area contributed by atoms with Crippen LogP contribution in [0.3, 0.4) is 0 Å². The average Bonchev–Trinajstić information content (AvgIpc) is 3.52. The molecule has 1 saturated heterocycles. The highest BCUT2D eigenvalue weighted by Crippen LogP contribution is 2.46. The molecule has 0 radical (unpaired) electrons. The fourth-order valence-corrected chi connectivity index (χ4v) is 5.81. The third kappa shape index (κ3) is 4.38. The van der Waals surface area contributed by atoms with E-state index in [0.29, 0.717) is 49.7 Å². The highest BCUT2D eigenvalue weighted by atomic mass is 19.1. The van der Waals surface area contributed by atoms with E-state index in [-0.39, 0.29) is 17.5 Å². The minimum atomic E-state index is -0.623. The Morgan fingerprint density at radius 2 is 1.79 bits per heavy atom. The van der Waals surface area contributed by atoms with Crippen LogP contribution in [0.1, 0.15) is 46.7 Å². The molecule has 200 valence electrons. The first-order valence-corrected chi connectivity index (χ1v) is 13.2. The Labute approximate surface area is 227 Å². The van der Waals surface area contributed by atoms with Crippen molar-refractivity contribution in [1.29, 1.82) is 0 Å². The number of hydrogen-bond donors (Lipinski definition) is 0. The van der Waals surface area contributed by atoms with Crippen molar-refractivity contribution in [1.82, 2.24) is 9.80 Å². The Hall–Kier alpha value is -4.04. The van der Waals surface area contributed by atoms with Crippen LogP contribution in [0.4, 0.5) is 15.8 Å². The Morgan fingerprint density at radius 3 is 2.51 bits per heavy atom. The number of rotatable bonds is 4. The summed E-state index contributed by atoms with van der Waals surface area (Å²) in [6.45, 7) is 11.1. The van der Waals surface area contributed by atoms with Crippen LogP contribution in [-0.2, 0) is 4.79 Å². The molecule has 6 rings (SSSR count). The third-order valence-electron chi connectivity index (χ3n) is 7.79. The summed E-state index contributed by atoms with van der Waals surface area (Å²) < 4.78 is 20.4. The minimum absolute atomic E-state index is 0.106. The van der Waals surface area contributed by atoms with E-state index in [1.54, 1.807) is 21.9 Å². The third-order valence-corrected chi connectivity index (χ3v) is 7.79. The second-order valence-corrected chi connectivity index (χ2v) is 11.1. The SMILES string of the molecule is Cc1ccc(C)c(N=C2C(=O)N3c4c(cc(F)cc42)C(CN2CCN(C(=O)c4ccco4)CC2)=CC3(C)C)c1. The molecule has 0 bridgehead atoms. The first kappa shape index (κ1) is 25.2. The lowest BCUT2D eigenvalue weighted by atomic mass is 9.88. The highest BCUT2D eigenvalue weighted by Gasteiger charge is 2.46. The quantitative estimate of drug-likeness (QED) is 0.472. The zero-order chi connectivity index (χ0) is 27.5. The number of aryl methyl sites for hydroxylation is 2. The summed E-state index contributed by atoms with van der Waals surface area (Å²) in [6.07, 6.45) is 3.57. The molecular formula is C31H31FN4O3. The first-order chi connectivity index (χ1) is 18.6. The van der Waals surface area contributed by atoms with Crippen LogP contribution in [-0.4, -0.2) is 65.6 Å². The lowest BCUT2D eigenvalue weighted by molar-refractivity contribution is -0.112. The van der Waals surface area contributed by atoms with E-state index in [4.69, 9.17) is 9.41 Å². The number of benzene rings is 2. The number of nitrogens with zero attached hydrogens (tertiary/aromatic N) is 4. The van der Waals surface area contributed by atoms with Gasteiger partial charge in [-0.25, -0.2) is 9.38 Å². The Bertz CT molecular complexity index is 1550. The summed E-state index contributed by atoms with van der Waals surface area (Å²) in [7, 11) is 0. The maximum atomic E-state index is 15.1. The van der Waals surface area contributed by atoms with Crippen molar-refractivity contribution in [2.24, 2.45) is 4.99 Å². The molecule has 0 spiro atoms. The Balaban J connectivity index is 1.31. The van der Waals surface area contributed by atoms with Crippen molar-refractivity contribution >= 4 is 34.5 Å². The van der Waals surface area contributed by atoms with Crippen molar-refractivity contribution in [2.45, 2.75) is 33.2 Å². The molecule has 2 amide bonds. The number of carbonyl (C=O) groups is 2. The monoisotopic (exact) mass is 526 g/mol. The molecule has 0 aliphatic carbocycles. The van der Waals surface area contributed by atoms with Crippen LogP contribution in [0.15, 0.2) is 64.2 Å². The van der Waals surface area contributed by atoms with Gasteiger partial charge in [-0.2, -0.15) is 0 Å². The second kappa shape index (κ2) is 9.31. The largest absolute Gasteiger partial charge is 0.459 e. The van der Waals surface area contributed by atoms with E-state index in [1.807, 2.05) is 45.9 Å². The van der Waals surface area contributed by atoms with Crippen LogP contribution in [0.2, 0.25) is 0 Å². The molecule has 0 N–H and O–H groups in total. The van der Waals surface area contributed by atoms with Gasteiger partial charge in [-0.3, -0.25) is 19.4 Å². The molecule has 1 aromatic heterocycles. The van der Waals surface area contributed by atoms with Crippen molar-refractivity contribution in [2.75, 3.05) is 37.6 Å². The van der Waals surface area contributed by atoms with E-state index in [9.17, 15) is 9.59 Å². The maximum Gasteiger partial charge on any atom is 0.289 e. The van der Waals surface area contributed by atoms with Gasteiger partial charge in [-0.05, 0) is 74.7 Å². The zero-order valence-corrected chi connectivity index (χ0v) is 22.6. The number of furan rings is 1. The molecule has 2 aromatic carbocycles. The Kier molecular flexibility index (Phi) is 6.03. The summed E-state index contributed by atoms with van der Waals surface area (Å²) in [5, 5.41) is 0. The normalized spacial score (nSPS) is 19.5. The number of amides is 2. The second-order valence-electron chi connectivity index (χ2n) is 11.1. The van der Waals surface area contributed by atoms with E-state index in [2.05, 4.69) is 11.0 Å². The molecule has 3 aromatic rings. The molecule has 3 aliphatic heterocycles. The van der Waals surface area contributed by atoms with Gasteiger partial charge in [0.25, 0.3) is 11.8 Å². The summed E-state index contributed by atoms with van der Waals surface area (Å²) in [6, 6.07) is 12.3. The van der Waals surface area contributed by atoms with Crippen molar-refractivity contribution in [3.63, 3.8) is 0 Å². The van der Waals surface area contributed by atoms with E-state index >= 15 is 4.39 Å². The number of aliphatic imine (C=N–C) groups is 1. The standard InChI is InChI=1S/C31H31FN4O3/c1-19-7-8-20(2)25(14-19)33-27-24-16-22(32)15-23-21(17-31(3,4)36(28(23)24)30(27)38)18-34-9-11-35(12-10-34)29(37)26-6-5-13-39-26/h5-8,13-17H,9-12,18H2,1-4H3. The zero-order valence-electron chi connectivity index (χ0n) is 22.6. The number of anilines is 1. The molecular weight excluding hydrogens is 495 g/mol. The van der Waals surface area contributed by atoms with Crippen molar-refractivity contribution in [3.8, 4) is 0 Å². The molecule has 0 saturated carbocycles. The van der Waals surface area contributed by atoms with Crippen LogP contribution in [0.25, 0.3) is 5.57 Å². The van der Waals surface area contributed by atoms with Crippen molar-refractivity contribution in [3.05, 3.63) is 88.6 Å². The minimum Gasteiger partial charge on any atom is -0.459 e. The Morgan fingerprint density at radius 1 is 1.05 bits per heavy atom. The van der Waals surface area contributed by atoms with E-state index in [0.717, 1.165) is 28.0 Å². The van der Waals surface area contributed by atoms with Gasteiger partial charge in [-0.15, -0.1) is 0 Å². The maximum absolute atomic E-state index is 15.1. The number of hydrogen-bond acceptors (Lipinski definition) is 5. The summed E-state index contributed by atoms with van der Waals surface area (Å²) in [5.74, 6) is -0.376. The molecule has 4 heterocycles. The average molecular weight is 527 g/mol. The van der Waals surface area contributed by atoms with Gasteiger partial charge < -0.3 is 9.32 Å². The lowest BCUT2D eigenvalue weighted by Crippen LogP contribution is -2.50. The van der Waals surface area contributed by atoms with Gasteiger partial charge >= 0.3 is 0 Å².